The third-order valence-corrected chi connectivity index (χ3v) is 4.04. The minimum atomic E-state index is -0.199. The molecule has 16 heavy (non-hydrogen) atoms. The van der Waals surface area contributed by atoms with Crippen LogP contribution in [0, 0.1) is 11.7 Å². The summed E-state index contributed by atoms with van der Waals surface area (Å²) in [6, 6.07) is 6.73. The summed E-state index contributed by atoms with van der Waals surface area (Å²) in [5.74, 6) is 0.156. The zero-order valence-corrected chi connectivity index (χ0v) is 9.00. The molecule has 2 nitrogen and oxygen atoms in total. The lowest BCUT2D eigenvalue weighted by molar-refractivity contribution is -0.126. The second-order valence-electron chi connectivity index (χ2n) is 4.94. The van der Waals surface area contributed by atoms with Crippen LogP contribution in [0.2, 0.25) is 0 Å². The van der Waals surface area contributed by atoms with Crippen LogP contribution >= 0.6 is 0 Å². The van der Waals surface area contributed by atoms with Crippen molar-refractivity contribution in [2.45, 2.75) is 24.7 Å². The van der Waals surface area contributed by atoms with E-state index in [9.17, 15) is 9.18 Å². The molecule has 1 saturated heterocycles. The molecule has 0 aromatic heterocycles. The van der Waals surface area contributed by atoms with Crippen LogP contribution in [-0.2, 0) is 10.2 Å². The Kier molecular flexibility index (Phi) is 2.03. The molecular formula is C13H14FNO. The Labute approximate surface area is 93.9 Å². The molecule has 1 N–H and O–H groups in total. The fourth-order valence-corrected chi connectivity index (χ4v) is 3.08. The largest absolute Gasteiger partial charge is 0.355 e. The fourth-order valence-electron chi connectivity index (χ4n) is 3.08. The van der Waals surface area contributed by atoms with E-state index >= 15 is 0 Å². The van der Waals surface area contributed by atoms with Crippen LogP contribution < -0.4 is 5.32 Å². The Morgan fingerprint density at radius 2 is 2.06 bits per heavy atom. The van der Waals surface area contributed by atoms with Crippen LogP contribution in [0.5, 0.6) is 0 Å². The van der Waals surface area contributed by atoms with Gasteiger partial charge in [-0.2, -0.15) is 0 Å². The summed E-state index contributed by atoms with van der Waals surface area (Å²) >= 11 is 0. The van der Waals surface area contributed by atoms with Gasteiger partial charge in [0.2, 0.25) is 5.91 Å². The van der Waals surface area contributed by atoms with Crippen LogP contribution in [0.15, 0.2) is 24.3 Å². The first-order valence-corrected chi connectivity index (χ1v) is 5.73. The summed E-state index contributed by atoms with van der Waals surface area (Å²) in [6.45, 7) is 0.702. The van der Waals surface area contributed by atoms with Crippen molar-refractivity contribution in [2.75, 3.05) is 6.54 Å². The molecular weight excluding hydrogens is 205 g/mol. The quantitative estimate of drug-likeness (QED) is 0.769. The lowest BCUT2D eigenvalue weighted by Crippen LogP contribution is -2.45. The maximum absolute atomic E-state index is 12.9. The highest BCUT2D eigenvalue weighted by Gasteiger charge is 2.46. The van der Waals surface area contributed by atoms with E-state index < -0.39 is 0 Å². The van der Waals surface area contributed by atoms with Crippen molar-refractivity contribution in [1.29, 1.82) is 0 Å². The number of nitrogens with one attached hydrogen (secondary N) is 1. The van der Waals surface area contributed by atoms with Crippen molar-refractivity contribution in [3.63, 3.8) is 0 Å². The highest BCUT2D eigenvalue weighted by atomic mass is 19.1. The number of halogens is 1. The van der Waals surface area contributed by atoms with Crippen molar-refractivity contribution in [3.05, 3.63) is 35.6 Å². The van der Waals surface area contributed by atoms with Crippen molar-refractivity contribution < 1.29 is 9.18 Å². The summed E-state index contributed by atoms with van der Waals surface area (Å²) in [6.07, 6.45) is 2.91. The molecule has 1 heterocycles. The van der Waals surface area contributed by atoms with Gasteiger partial charge in [-0.05, 0) is 37.0 Å². The summed E-state index contributed by atoms with van der Waals surface area (Å²) < 4.78 is 12.9. The Hall–Kier alpha value is -1.38. The second kappa shape index (κ2) is 3.30. The van der Waals surface area contributed by atoms with E-state index in [1.54, 1.807) is 0 Å². The number of rotatable bonds is 1. The van der Waals surface area contributed by atoms with Gasteiger partial charge < -0.3 is 5.32 Å². The first kappa shape index (κ1) is 9.82. The topological polar surface area (TPSA) is 29.1 Å². The molecule has 1 aromatic carbocycles. The molecule has 1 aliphatic carbocycles. The SMILES string of the molecule is O=C1NCC2(c3ccc(F)cc3)CCC1C2. The van der Waals surface area contributed by atoms with Gasteiger partial charge in [0.15, 0.2) is 0 Å². The lowest BCUT2D eigenvalue weighted by atomic mass is 9.76. The van der Waals surface area contributed by atoms with E-state index in [1.165, 1.54) is 12.1 Å². The van der Waals surface area contributed by atoms with Crippen LogP contribution in [0.4, 0.5) is 4.39 Å². The lowest BCUT2D eigenvalue weighted by Gasteiger charge is -2.33. The van der Waals surface area contributed by atoms with E-state index in [4.69, 9.17) is 0 Å². The van der Waals surface area contributed by atoms with Crippen LogP contribution in [0.25, 0.3) is 0 Å². The van der Waals surface area contributed by atoms with E-state index in [-0.39, 0.29) is 23.1 Å². The Morgan fingerprint density at radius 1 is 1.31 bits per heavy atom. The maximum Gasteiger partial charge on any atom is 0.223 e. The molecule has 2 atom stereocenters. The predicted octanol–water partition coefficient (Wildman–Crippen LogP) is 1.99. The van der Waals surface area contributed by atoms with Crippen molar-refractivity contribution >= 4 is 5.91 Å². The van der Waals surface area contributed by atoms with Gasteiger partial charge in [-0.15, -0.1) is 0 Å². The van der Waals surface area contributed by atoms with Crippen LogP contribution in [-0.4, -0.2) is 12.5 Å². The van der Waals surface area contributed by atoms with Gasteiger partial charge in [-0.1, -0.05) is 12.1 Å². The normalized spacial score (nSPS) is 32.6. The molecule has 3 heteroatoms. The zero-order valence-electron chi connectivity index (χ0n) is 9.00. The number of benzene rings is 1. The monoisotopic (exact) mass is 219 g/mol. The van der Waals surface area contributed by atoms with E-state index in [2.05, 4.69) is 5.32 Å². The molecule has 2 bridgehead atoms. The summed E-state index contributed by atoms with van der Waals surface area (Å²) in [4.78, 5) is 11.5. The number of amides is 1. The Bertz CT molecular complexity index is 428. The molecule has 2 unspecified atom stereocenters. The zero-order chi connectivity index (χ0) is 11.2. The minimum absolute atomic E-state index is 0.0618. The van der Waals surface area contributed by atoms with Crippen LogP contribution in [0.3, 0.4) is 0 Å². The average molecular weight is 219 g/mol. The molecule has 2 fully saturated rings. The predicted molar refractivity (Wildman–Crippen MR) is 58.4 cm³/mol. The molecule has 1 saturated carbocycles. The second-order valence-corrected chi connectivity index (χ2v) is 4.94. The number of carbonyl (C=O) groups is 1. The Morgan fingerprint density at radius 3 is 2.81 bits per heavy atom. The third kappa shape index (κ3) is 1.34. The fraction of sp³-hybridized carbons (Fsp3) is 0.462. The van der Waals surface area contributed by atoms with Gasteiger partial charge in [0, 0.05) is 17.9 Å². The smallest absolute Gasteiger partial charge is 0.223 e. The summed E-state index contributed by atoms with van der Waals surface area (Å²) in [7, 11) is 0. The number of carbonyl (C=O) groups excluding carboxylic acids is 1. The van der Waals surface area contributed by atoms with E-state index in [1.807, 2.05) is 12.1 Å². The highest BCUT2D eigenvalue weighted by molar-refractivity contribution is 5.80. The average Bonchev–Trinajstić information content (AvgIpc) is 2.66. The molecule has 1 aliphatic heterocycles. The maximum atomic E-state index is 12.9. The Balaban J connectivity index is 1.95. The first-order valence-electron chi connectivity index (χ1n) is 5.73. The molecule has 2 aliphatic rings. The van der Waals surface area contributed by atoms with Gasteiger partial charge in [-0.3, -0.25) is 4.79 Å². The van der Waals surface area contributed by atoms with Gasteiger partial charge in [0.25, 0.3) is 0 Å². The van der Waals surface area contributed by atoms with Gasteiger partial charge in [0.05, 0.1) is 0 Å². The number of hydrogen-bond donors (Lipinski definition) is 1. The number of fused-ring (bicyclic) bond motifs is 2. The van der Waals surface area contributed by atoms with Crippen molar-refractivity contribution in [3.8, 4) is 0 Å². The van der Waals surface area contributed by atoms with Gasteiger partial charge in [0.1, 0.15) is 5.82 Å². The van der Waals surface area contributed by atoms with E-state index in [0.29, 0.717) is 6.54 Å². The molecule has 1 amide bonds. The minimum Gasteiger partial charge on any atom is -0.355 e. The molecule has 3 rings (SSSR count). The van der Waals surface area contributed by atoms with Crippen molar-refractivity contribution in [2.24, 2.45) is 5.92 Å². The number of piperidine rings is 1. The molecule has 0 spiro atoms. The number of hydrogen-bond acceptors (Lipinski definition) is 1. The van der Waals surface area contributed by atoms with E-state index in [0.717, 1.165) is 24.8 Å². The van der Waals surface area contributed by atoms with Gasteiger partial charge >= 0.3 is 0 Å². The summed E-state index contributed by atoms with van der Waals surface area (Å²) in [5, 5.41) is 2.97. The third-order valence-electron chi connectivity index (χ3n) is 4.04. The van der Waals surface area contributed by atoms with Crippen LogP contribution in [0.1, 0.15) is 24.8 Å². The molecule has 84 valence electrons. The van der Waals surface area contributed by atoms with Gasteiger partial charge in [-0.25, -0.2) is 4.39 Å². The first-order chi connectivity index (χ1) is 7.70. The highest BCUT2D eigenvalue weighted by Crippen LogP contribution is 2.46. The summed E-state index contributed by atoms with van der Waals surface area (Å²) in [5.41, 5.74) is 1.23. The van der Waals surface area contributed by atoms with Crippen molar-refractivity contribution in [1.82, 2.24) is 5.32 Å². The molecule has 1 aromatic rings. The standard InChI is InChI=1S/C13H14FNO/c14-11-3-1-10(2-4-11)13-6-5-9(7-13)12(16)15-8-13/h1-4,9H,5-8H2,(H,15,16). The molecule has 0 radical (unpaired) electrons.